The highest BCUT2D eigenvalue weighted by molar-refractivity contribution is 9.10. The zero-order chi connectivity index (χ0) is 21.7. The lowest BCUT2D eigenvalue weighted by Gasteiger charge is -2.07. The molecule has 0 saturated carbocycles. The number of benzene rings is 2. The van der Waals surface area contributed by atoms with Crippen LogP contribution in [0.3, 0.4) is 0 Å². The van der Waals surface area contributed by atoms with Crippen molar-refractivity contribution in [3.05, 3.63) is 80.7 Å². The van der Waals surface area contributed by atoms with E-state index in [1.54, 1.807) is 12.1 Å². The molecular weight excluding hydrogens is 490 g/mol. The predicted octanol–water partition coefficient (Wildman–Crippen LogP) is 3.08. The normalized spacial score (nSPS) is 11.3. The van der Waals surface area contributed by atoms with E-state index in [4.69, 9.17) is 0 Å². The Labute approximate surface area is 186 Å². The fourth-order valence-electron chi connectivity index (χ4n) is 2.46. The molecule has 0 unspecified atom stereocenters. The molecular formula is C20H18BrN3O4S2. The van der Waals surface area contributed by atoms with Crippen molar-refractivity contribution in [2.45, 2.75) is 28.4 Å². The van der Waals surface area contributed by atoms with Gasteiger partial charge in [-0.1, -0.05) is 57.5 Å². The summed E-state index contributed by atoms with van der Waals surface area (Å²) in [6.07, 6.45) is 1.02. The quantitative estimate of drug-likeness (QED) is 0.375. The van der Waals surface area contributed by atoms with Crippen LogP contribution in [-0.4, -0.2) is 30.0 Å². The van der Waals surface area contributed by atoms with Crippen LogP contribution in [0, 0.1) is 6.92 Å². The Kier molecular flexibility index (Phi) is 7.11. The average Bonchev–Trinajstić information content (AvgIpc) is 2.72. The van der Waals surface area contributed by atoms with E-state index in [1.807, 2.05) is 31.2 Å². The summed E-state index contributed by atoms with van der Waals surface area (Å²) in [4.78, 5) is 30.3. The predicted molar refractivity (Wildman–Crippen MR) is 118 cm³/mol. The van der Waals surface area contributed by atoms with Gasteiger partial charge in [0, 0.05) is 11.0 Å². The number of carbonyl (C=O) groups is 1. The second-order valence-electron chi connectivity index (χ2n) is 6.39. The first-order valence-electron chi connectivity index (χ1n) is 8.81. The summed E-state index contributed by atoms with van der Waals surface area (Å²) < 4.78 is 26.0. The molecule has 0 fully saturated rings. The minimum atomic E-state index is -3.99. The number of H-pyrrole nitrogens is 1. The van der Waals surface area contributed by atoms with Gasteiger partial charge in [-0.25, -0.2) is 13.4 Å². The van der Waals surface area contributed by atoms with Gasteiger partial charge in [0.1, 0.15) is 0 Å². The first-order valence-corrected chi connectivity index (χ1v) is 12.1. The number of aromatic amines is 1. The van der Waals surface area contributed by atoms with Gasteiger partial charge in [-0.15, -0.1) is 0 Å². The maximum atomic E-state index is 12.6. The van der Waals surface area contributed by atoms with Gasteiger partial charge >= 0.3 is 0 Å². The monoisotopic (exact) mass is 507 g/mol. The number of carbonyl (C=O) groups excluding carboxylic acids is 1. The molecule has 0 aliphatic heterocycles. The van der Waals surface area contributed by atoms with Crippen molar-refractivity contribution in [2.75, 3.05) is 5.75 Å². The molecule has 0 aliphatic carbocycles. The van der Waals surface area contributed by atoms with E-state index in [0.29, 0.717) is 6.54 Å². The van der Waals surface area contributed by atoms with Crippen LogP contribution < -0.4 is 10.9 Å². The summed E-state index contributed by atoms with van der Waals surface area (Å²) in [7, 11) is -3.99. The van der Waals surface area contributed by atoms with Crippen LogP contribution in [0.15, 0.2) is 78.9 Å². The zero-order valence-corrected chi connectivity index (χ0v) is 19.1. The highest BCUT2D eigenvalue weighted by atomic mass is 79.9. The van der Waals surface area contributed by atoms with Gasteiger partial charge < -0.3 is 10.3 Å². The van der Waals surface area contributed by atoms with Crippen LogP contribution >= 0.6 is 27.7 Å². The molecule has 7 nitrogen and oxygen atoms in total. The Balaban J connectivity index is 1.62. The van der Waals surface area contributed by atoms with Crippen molar-refractivity contribution in [3.8, 4) is 0 Å². The fourth-order valence-corrected chi connectivity index (χ4v) is 4.63. The third-order valence-corrected chi connectivity index (χ3v) is 7.29. The van der Waals surface area contributed by atoms with Gasteiger partial charge in [-0.05, 0) is 36.8 Å². The third-order valence-electron chi connectivity index (χ3n) is 4.11. The zero-order valence-electron chi connectivity index (χ0n) is 15.9. The highest BCUT2D eigenvalue weighted by Crippen LogP contribution is 2.20. The van der Waals surface area contributed by atoms with Gasteiger partial charge in [-0.2, -0.15) is 0 Å². The van der Waals surface area contributed by atoms with Crippen LogP contribution in [0.1, 0.15) is 11.1 Å². The van der Waals surface area contributed by atoms with E-state index < -0.39 is 20.3 Å². The van der Waals surface area contributed by atoms with Gasteiger partial charge in [0.05, 0.1) is 16.8 Å². The van der Waals surface area contributed by atoms with E-state index >= 15 is 0 Å². The summed E-state index contributed by atoms with van der Waals surface area (Å²) in [5.74, 6) is -0.192. The SMILES string of the molecule is Cc1ccc(CNC(=O)CSc2ncc(S(=O)(=O)c3ccc(Br)cc3)c(=O)[nH]2)cc1. The van der Waals surface area contributed by atoms with Crippen molar-refractivity contribution in [1.29, 1.82) is 0 Å². The summed E-state index contributed by atoms with van der Waals surface area (Å²) in [5, 5.41) is 2.95. The molecule has 1 aromatic heterocycles. The van der Waals surface area contributed by atoms with E-state index in [0.717, 1.165) is 33.6 Å². The summed E-state index contributed by atoms with van der Waals surface area (Å²) >= 11 is 4.26. The Hall–Kier alpha value is -2.43. The summed E-state index contributed by atoms with van der Waals surface area (Å²) in [5.41, 5.74) is 1.34. The number of thioether (sulfide) groups is 1. The number of hydrogen-bond donors (Lipinski definition) is 2. The highest BCUT2D eigenvalue weighted by Gasteiger charge is 2.22. The molecule has 156 valence electrons. The molecule has 2 aromatic carbocycles. The topological polar surface area (TPSA) is 109 Å². The number of aryl methyl sites for hydroxylation is 1. The van der Waals surface area contributed by atoms with Crippen LogP contribution in [0.25, 0.3) is 0 Å². The Morgan fingerprint density at radius 3 is 2.43 bits per heavy atom. The van der Waals surface area contributed by atoms with Gasteiger partial charge in [0.2, 0.25) is 15.7 Å². The molecule has 1 amide bonds. The number of rotatable bonds is 7. The second-order valence-corrected chi connectivity index (χ2v) is 10.2. The number of halogens is 1. The van der Waals surface area contributed by atoms with E-state index in [1.165, 1.54) is 12.1 Å². The van der Waals surface area contributed by atoms with Gasteiger partial charge in [-0.3, -0.25) is 9.59 Å². The number of nitrogens with zero attached hydrogens (tertiary/aromatic N) is 1. The smallest absolute Gasteiger partial charge is 0.270 e. The molecule has 0 spiro atoms. The van der Waals surface area contributed by atoms with E-state index in [-0.39, 0.29) is 21.7 Å². The molecule has 1 heterocycles. The minimum absolute atomic E-state index is 0.00566. The lowest BCUT2D eigenvalue weighted by Crippen LogP contribution is -2.25. The lowest BCUT2D eigenvalue weighted by atomic mass is 10.1. The Bertz CT molecular complexity index is 1210. The molecule has 0 aliphatic rings. The van der Waals surface area contributed by atoms with E-state index in [2.05, 4.69) is 31.2 Å². The maximum absolute atomic E-state index is 12.6. The van der Waals surface area contributed by atoms with Crippen molar-refractivity contribution in [3.63, 3.8) is 0 Å². The number of sulfone groups is 1. The Morgan fingerprint density at radius 1 is 1.13 bits per heavy atom. The van der Waals surface area contributed by atoms with Gasteiger partial charge in [0.15, 0.2) is 10.1 Å². The molecule has 0 bridgehead atoms. The summed E-state index contributed by atoms with van der Waals surface area (Å²) in [6.45, 7) is 2.39. The largest absolute Gasteiger partial charge is 0.351 e. The number of nitrogens with one attached hydrogen (secondary N) is 2. The molecule has 0 radical (unpaired) electrons. The van der Waals surface area contributed by atoms with Crippen LogP contribution in [0.5, 0.6) is 0 Å². The maximum Gasteiger partial charge on any atom is 0.270 e. The minimum Gasteiger partial charge on any atom is -0.351 e. The average molecular weight is 508 g/mol. The second kappa shape index (κ2) is 9.59. The number of aromatic nitrogens is 2. The van der Waals surface area contributed by atoms with Crippen LogP contribution in [0.4, 0.5) is 0 Å². The standard InChI is InChI=1S/C20H18BrN3O4S2/c1-13-2-4-14(5-3-13)10-22-18(25)12-29-20-23-11-17(19(26)24-20)30(27,28)16-8-6-15(21)7-9-16/h2-9,11H,10,12H2,1H3,(H,22,25)(H,23,24,26). The third kappa shape index (κ3) is 5.59. The van der Waals surface area contributed by atoms with Crippen molar-refractivity contribution in [2.24, 2.45) is 0 Å². The fraction of sp³-hybridized carbons (Fsp3) is 0.150. The number of hydrogen-bond acceptors (Lipinski definition) is 6. The Morgan fingerprint density at radius 2 is 1.80 bits per heavy atom. The molecule has 0 saturated heterocycles. The lowest BCUT2D eigenvalue weighted by molar-refractivity contribution is -0.118. The van der Waals surface area contributed by atoms with Crippen LogP contribution in [-0.2, 0) is 21.2 Å². The number of amides is 1. The first-order chi connectivity index (χ1) is 14.3. The van der Waals surface area contributed by atoms with Gasteiger partial charge in [0.25, 0.3) is 5.56 Å². The first kappa shape index (κ1) is 22.3. The van der Waals surface area contributed by atoms with Crippen molar-refractivity contribution < 1.29 is 13.2 Å². The molecule has 30 heavy (non-hydrogen) atoms. The molecule has 3 aromatic rings. The molecule has 10 heteroatoms. The molecule has 2 N–H and O–H groups in total. The molecule has 3 rings (SSSR count). The molecule has 0 atom stereocenters. The van der Waals surface area contributed by atoms with Crippen molar-refractivity contribution in [1.82, 2.24) is 15.3 Å². The van der Waals surface area contributed by atoms with E-state index in [9.17, 15) is 18.0 Å². The van der Waals surface area contributed by atoms with Crippen LogP contribution in [0.2, 0.25) is 0 Å². The van der Waals surface area contributed by atoms with Crippen molar-refractivity contribution >= 4 is 43.4 Å². The summed E-state index contributed by atoms with van der Waals surface area (Å²) in [6, 6.07) is 13.8.